The number of carbonyl (C=O) groups is 3. The van der Waals surface area contributed by atoms with Crippen LogP contribution >= 0.6 is 11.6 Å². The number of nitrogens with zero attached hydrogens (tertiary/aromatic N) is 4. The number of hydrazone groups is 1. The van der Waals surface area contributed by atoms with Crippen molar-refractivity contribution in [2.24, 2.45) is 5.10 Å². The maximum absolute atomic E-state index is 13.6. The van der Waals surface area contributed by atoms with Gasteiger partial charge in [-0.1, -0.05) is 17.7 Å². The zero-order chi connectivity index (χ0) is 32.8. The third kappa shape index (κ3) is 7.05. The first kappa shape index (κ1) is 32.2. The van der Waals surface area contributed by atoms with Crippen LogP contribution in [0.4, 0.5) is 11.4 Å². The van der Waals surface area contributed by atoms with Gasteiger partial charge < -0.3 is 19.3 Å². The van der Waals surface area contributed by atoms with Crippen LogP contribution in [0, 0.1) is 0 Å². The summed E-state index contributed by atoms with van der Waals surface area (Å²) in [6, 6.07) is 26.1. The van der Waals surface area contributed by atoms with Crippen LogP contribution < -0.4 is 19.3 Å². The number of halogens is 1. The molecule has 0 atom stereocenters. The Bertz CT molecular complexity index is 1770. The highest BCUT2D eigenvalue weighted by atomic mass is 35.5. The van der Waals surface area contributed by atoms with Crippen LogP contribution in [-0.4, -0.2) is 62.8 Å². The molecule has 0 unspecified atom stereocenters. The van der Waals surface area contributed by atoms with E-state index in [-0.39, 0.29) is 17.7 Å². The molecule has 1 heterocycles. The molecule has 0 fully saturated rings. The van der Waals surface area contributed by atoms with Gasteiger partial charge in [0.1, 0.15) is 0 Å². The number of hydrogen-bond acceptors (Lipinski definition) is 6. The van der Waals surface area contributed by atoms with Crippen LogP contribution in [0.2, 0.25) is 5.02 Å². The molecule has 4 aromatic rings. The van der Waals surface area contributed by atoms with Gasteiger partial charge in [-0.15, -0.1) is 0 Å². The van der Waals surface area contributed by atoms with Gasteiger partial charge in [-0.3, -0.25) is 14.4 Å². The highest BCUT2D eigenvalue weighted by Gasteiger charge is 2.23. The molecule has 0 aromatic heterocycles. The summed E-state index contributed by atoms with van der Waals surface area (Å²) in [6.45, 7) is 2.89. The van der Waals surface area contributed by atoms with E-state index in [0.29, 0.717) is 57.7 Å². The van der Waals surface area contributed by atoms with Gasteiger partial charge in [0, 0.05) is 59.3 Å². The molecule has 9 nitrogen and oxygen atoms in total. The number of ether oxygens (including phenoxy) is 2. The SMILES string of the molecule is CCOc1cc(C2=NN(C(=O)c3cccc(N(C)C(=O)c4ccc(N(C)C(=O)c5ccc(Cl)cc5)cc4)c3)CCC2)ccc1OC. The molecule has 0 aliphatic carbocycles. The normalized spacial score (nSPS) is 12.6. The summed E-state index contributed by atoms with van der Waals surface area (Å²) >= 11 is 5.94. The minimum atomic E-state index is -0.259. The molecule has 0 saturated heterocycles. The van der Waals surface area contributed by atoms with Crippen molar-refractivity contribution in [3.63, 3.8) is 0 Å². The van der Waals surface area contributed by atoms with Gasteiger partial charge in [0.15, 0.2) is 11.5 Å². The Morgan fingerprint density at radius 3 is 2.11 bits per heavy atom. The second-order valence-corrected chi connectivity index (χ2v) is 11.1. The summed E-state index contributed by atoms with van der Waals surface area (Å²) in [5.41, 5.74) is 4.22. The molecule has 0 saturated carbocycles. The molecule has 5 rings (SSSR count). The van der Waals surface area contributed by atoms with Gasteiger partial charge >= 0.3 is 0 Å². The molecule has 3 amide bonds. The van der Waals surface area contributed by atoms with Gasteiger partial charge in [0.05, 0.1) is 19.4 Å². The molecule has 0 N–H and O–H groups in total. The molecule has 0 radical (unpaired) electrons. The van der Waals surface area contributed by atoms with E-state index in [1.54, 1.807) is 94.0 Å². The minimum absolute atomic E-state index is 0.196. The topological polar surface area (TPSA) is 91.8 Å². The number of rotatable bonds is 9. The molecule has 4 aromatic carbocycles. The van der Waals surface area contributed by atoms with E-state index in [0.717, 1.165) is 24.1 Å². The van der Waals surface area contributed by atoms with E-state index >= 15 is 0 Å². The summed E-state index contributed by atoms with van der Waals surface area (Å²) < 4.78 is 11.1. The predicted octanol–water partition coefficient (Wildman–Crippen LogP) is 6.94. The first-order valence-electron chi connectivity index (χ1n) is 14.9. The smallest absolute Gasteiger partial charge is 0.274 e. The van der Waals surface area contributed by atoms with E-state index in [2.05, 4.69) is 5.10 Å². The number of anilines is 2. The lowest BCUT2D eigenvalue weighted by Crippen LogP contribution is -2.32. The molecule has 0 bridgehead atoms. The van der Waals surface area contributed by atoms with E-state index in [9.17, 15) is 14.4 Å². The van der Waals surface area contributed by atoms with Crippen LogP contribution in [0.1, 0.15) is 56.4 Å². The molecule has 1 aliphatic heterocycles. The molecule has 1 aliphatic rings. The Morgan fingerprint density at radius 1 is 0.804 bits per heavy atom. The Labute approximate surface area is 273 Å². The fourth-order valence-corrected chi connectivity index (χ4v) is 5.28. The Kier molecular flexibility index (Phi) is 10.0. The molecule has 46 heavy (non-hydrogen) atoms. The van der Waals surface area contributed by atoms with Gasteiger partial charge in [-0.05, 0) is 105 Å². The highest BCUT2D eigenvalue weighted by Crippen LogP contribution is 2.30. The number of hydrogen-bond donors (Lipinski definition) is 0. The number of benzene rings is 4. The molecular formula is C36H35ClN4O5. The van der Waals surface area contributed by atoms with Gasteiger partial charge in [0.2, 0.25) is 0 Å². The zero-order valence-electron chi connectivity index (χ0n) is 26.2. The summed E-state index contributed by atoms with van der Waals surface area (Å²) in [4.78, 5) is 42.9. The van der Waals surface area contributed by atoms with Crippen LogP contribution in [0.15, 0.2) is 96.1 Å². The summed E-state index contributed by atoms with van der Waals surface area (Å²) in [5.74, 6) is 0.556. The number of amides is 3. The Hall–Kier alpha value is -5.15. The fraction of sp³-hybridized carbons (Fsp3) is 0.222. The first-order chi connectivity index (χ1) is 22.2. The quantitative estimate of drug-likeness (QED) is 0.198. The maximum Gasteiger partial charge on any atom is 0.274 e. The van der Waals surface area contributed by atoms with Crippen molar-refractivity contribution in [3.8, 4) is 11.5 Å². The van der Waals surface area contributed by atoms with Crippen molar-refractivity contribution in [2.75, 3.05) is 44.2 Å². The lowest BCUT2D eigenvalue weighted by Gasteiger charge is -2.25. The second-order valence-electron chi connectivity index (χ2n) is 10.7. The number of carbonyl (C=O) groups excluding carboxylic acids is 3. The highest BCUT2D eigenvalue weighted by molar-refractivity contribution is 6.30. The monoisotopic (exact) mass is 638 g/mol. The average Bonchev–Trinajstić information content (AvgIpc) is 3.10. The van der Waals surface area contributed by atoms with E-state index in [1.165, 1.54) is 14.8 Å². The van der Waals surface area contributed by atoms with Gasteiger partial charge in [-0.25, -0.2) is 5.01 Å². The standard InChI is InChI=1S/C36H35ClN4O5/c1-5-46-33-23-26(15-20-32(33)45-4)31-10-7-21-41(38-31)36(44)27-8-6-9-30(22-27)40(3)35(43)25-13-18-29(19-14-25)39(2)34(42)24-11-16-28(37)17-12-24/h6,8-9,11-20,22-23H,5,7,10,21H2,1-4H3. The summed E-state index contributed by atoms with van der Waals surface area (Å²) in [6.07, 6.45) is 1.48. The molecule has 236 valence electrons. The Morgan fingerprint density at radius 2 is 1.46 bits per heavy atom. The predicted molar refractivity (Wildman–Crippen MR) is 181 cm³/mol. The van der Waals surface area contributed by atoms with E-state index in [1.807, 2.05) is 25.1 Å². The van der Waals surface area contributed by atoms with Gasteiger partial charge in [-0.2, -0.15) is 5.10 Å². The Balaban J connectivity index is 1.29. The summed E-state index contributed by atoms with van der Waals surface area (Å²) in [7, 11) is 4.93. The zero-order valence-corrected chi connectivity index (χ0v) is 27.0. The van der Waals surface area contributed by atoms with Crippen LogP contribution in [-0.2, 0) is 0 Å². The molecular weight excluding hydrogens is 604 g/mol. The minimum Gasteiger partial charge on any atom is -0.493 e. The average molecular weight is 639 g/mol. The van der Waals surface area contributed by atoms with Crippen molar-refractivity contribution < 1.29 is 23.9 Å². The van der Waals surface area contributed by atoms with Crippen molar-refractivity contribution in [2.45, 2.75) is 19.8 Å². The largest absolute Gasteiger partial charge is 0.493 e. The second kappa shape index (κ2) is 14.3. The third-order valence-electron chi connectivity index (χ3n) is 7.74. The van der Waals surface area contributed by atoms with Crippen molar-refractivity contribution >= 4 is 46.4 Å². The van der Waals surface area contributed by atoms with E-state index in [4.69, 9.17) is 21.1 Å². The lowest BCUT2D eigenvalue weighted by atomic mass is 10.0. The third-order valence-corrected chi connectivity index (χ3v) is 7.99. The van der Waals surface area contributed by atoms with Crippen LogP contribution in [0.5, 0.6) is 11.5 Å². The first-order valence-corrected chi connectivity index (χ1v) is 15.3. The maximum atomic E-state index is 13.6. The van der Waals surface area contributed by atoms with Crippen LogP contribution in [0.3, 0.4) is 0 Å². The molecule has 0 spiro atoms. The fourth-order valence-electron chi connectivity index (χ4n) is 5.15. The van der Waals surface area contributed by atoms with Crippen LogP contribution in [0.25, 0.3) is 0 Å². The molecule has 10 heteroatoms. The summed E-state index contributed by atoms with van der Waals surface area (Å²) in [5, 5.41) is 6.72. The number of methoxy groups -OCH3 is 1. The van der Waals surface area contributed by atoms with Crippen molar-refractivity contribution in [1.29, 1.82) is 0 Å². The van der Waals surface area contributed by atoms with Crippen molar-refractivity contribution in [3.05, 3.63) is 118 Å². The van der Waals surface area contributed by atoms with Gasteiger partial charge in [0.25, 0.3) is 17.7 Å². The lowest BCUT2D eigenvalue weighted by molar-refractivity contribution is 0.0751. The van der Waals surface area contributed by atoms with E-state index < -0.39 is 0 Å². The van der Waals surface area contributed by atoms with Crippen molar-refractivity contribution in [1.82, 2.24) is 5.01 Å².